The first-order chi connectivity index (χ1) is 14.3. The normalized spacial score (nSPS) is 14.2. The molecule has 142 valence electrons. The van der Waals surface area contributed by atoms with Gasteiger partial charge in [0.25, 0.3) is 0 Å². The van der Waals surface area contributed by atoms with Crippen LogP contribution >= 0.6 is 0 Å². The first kappa shape index (κ1) is 17.2. The van der Waals surface area contributed by atoms with E-state index in [2.05, 4.69) is 46.9 Å². The Morgan fingerprint density at radius 3 is 2.55 bits per heavy atom. The number of piperazine rings is 1. The molecule has 1 fully saturated rings. The van der Waals surface area contributed by atoms with Crippen LogP contribution in [0, 0.1) is 6.57 Å². The number of nitrogens with zero attached hydrogens (tertiary/aromatic N) is 6. The summed E-state index contributed by atoms with van der Waals surface area (Å²) in [6.07, 6.45) is 5.34. The van der Waals surface area contributed by atoms with E-state index in [9.17, 15) is 0 Å². The number of anilines is 2. The molecule has 7 nitrogen and oxygen atoms in total. The molecule has 0 atom stereocenters. The van der Waals surface area contributed by atoms with E-state index in [0.717, 1.165) is 59.7 Å². The van der Waals surface area contributed by atoms with E-state index in [0.29, 0.717) is 5.69 Å². The summed E-state index contributed by atoms with van der Waals surface area (Å²) in [4.78, 5) is 17.3. The van der Waals surface area contributed by atoms with Gasteiger partial charge in [0.2, 0.25) is 5.69 Å². The van der Waals surface area contributed by atoms with Crippen LogP contribution in [-0.4, -0.2) is 46.3 Å². The minimum absolute atomic E-state index is 0.707. The molecule has 2 aromatic carbocycles. The molecule has 29 heavy (non-hydrogen) atoms. The second-order valence-electron chi connectivity index (χ2n) is 6.99. The number of hydrogen-bond donors (Lipinski definition) is 1. The number of para-hydroxylation sites is 2. The van der Waals surface area contributed by atoms with E-state index in [1.54, 1.807) is 6.33 Å². The van der Waals surface area contributed by atoms with Crippen molar-refractivity contribution in [2.75, 3.05) is 36.0 Å². The van der Waals surface area contributed by atoms with Crippen molar-refractivity contribution in [2.45, 2.75) is 0 Å². The van der Waals surface area contributed by atoms with Crippen LogP contribution in [0.25, 0.3) is 26.9 Å². The summed E-state index contributed by atoms with van der Waals surface area (Å²) in [7, 11) is 0. The summed E-state index contributed by atoms with van der Waals surface area (Å²) in [6, 6.07) is 14.0. The van der Waals surface area contributed by atoms with Crippen LogP contribution < -0.4 is 9.80 Å². The Labute approximate surface area is 168 Å². The summed E-state index contributed by atoms with van der Waals surface area (Å²) in [5, 5.41) is 7.96. The molecule has 1 N–H and O–H groups in total. The molecule has 2 aromatic heterocycles. The van der Waals surface area contributed by atoms with Crippen LogP contribution in [0.1, 0.15) is 0 Å². The van der Waals surface area contributed by atoms with Gasteiger partial charge < -0.3 is 9.80 Å². The molecule has 0 amide bonds. The highest BCUT2D eigenvalue weighted by Crippen LogP contribution is 2.32. The zero-order chi connectivity index (χ0) is 19.6. The second kappa shape index (κ2) is 7.24. The maximum absolute atomic E-state index is 7.41. The van der Waals surface area contributed by atoms with Crippen LogP contribution in [0.5, 0.6) is 0 Å². The van der Waals surface area contributed by atoms with Crippen molar-refractivity contribution < 1.29 is 0 Å². The van der Waals surface area contributed by atoms with Crippen molar-refractivity contribution in [3.8, 4) is 11.1 Å². The number of aromatic nitrogens is 4. The van der Waals surface area contributed by atoms with Crippen molar-refractivity contribution >= 4 is 28.1 Å². The summed E-state index contributed by atoms with van der Waals surface area (Å²) in [6.45, 7) is 10.8. The fourth-order valence-corrected chi connectivity index (χ4v) is 3.87. The zero-order valence-electron chi connectivity index (χ0n) is 15.8. The quantitative estimate of drug-likeness (QED) is 0.545. The van der Waals surface area contributed by atoms with Gasteiger partial charge in [-0.15, -0.1) is 0 Å². The van der Waals surface area contributed by atoms with Gasteiger partial charge in [-0.1, -0.05) is 24.3 Å². The fourth-order valence-electron chi connectivity index (χ4n) is 3.87. The maximum Gasteiger partial charge on any atom is 0.209 e. The smallest absolute Gasteiger partial charge is 0.209 e. The molecule has 0 radical (unpaired) electrons. The minimum Gasteiger partial charge on any atom is -0.377 e. The standard InChI is InChI=1S/C22H19N7/c1-23-20-4-2-3-5-21(20)28-8-10-29(11-9-28)22-18-12-16(17-13-26-27-14-17)6-7-19(18)24-15-25-22/h2-7,12-15H,8-11H2,(H,26,27). The highest BCUT2D eigenvalue weighted by molar-refractivity contribution is 5.93. The topological polar surface area (TPSA) is 65.3 Å². The maximum atomic E-state index is 7.41. The number of nitrogens with one attached hydrogen (secondary N) is 1. The second-order valence-corrected chi connectivity index (χ2v) is 6.99. The summed E-state index contributed by atoms with van der Waals surface area (Å²) in [5.74, 6) is 0.957. The van der Waals surface area contributed by atoms with Gasteiger partial charge >= 0.3 is 0 Å². The molecule has 7 heteroatoms. The number of rotatable bonds is 3. The molecule has 0 spiro atoms. The lowest BCUT2D eigenvalue weighted by molar-refractivity contribution is 0.649. The number of hydrogen-bond acceptors (Lipinski definition) is 5. The molecule has 1 aliphatic heterocycles. The summed E-state index contributed by atoms with van der Waals surface area (Å²) in [5.41, 5.74) is 4.78. The van der Waals surface area contributed by atoms with Crippen molar-refractivity contribution in [1.82, 2.24) is 20.2 Å². The number of fused-ring (bicyclic) bond motifs is 1. The van der Waals surface area contributed by atoms with Crippen LogP contribution in [0.15, 0.2) is 61.2 Å². The average molecular weight is 381 g/mol. The summed E-state index contributed by atoms with van der Waals surface area (Å²) >= 11 is 0. The molecule has 0 aliphatic carbocycles. The Kier molecular flexibility index (Phi) is 4.30. The largest absolute Gasteiger partial charge is 0.377 e. The molecule has 3 heterocycles. The van der Waals surface area contributed by atoms with E-state index < -0.39 is 0 Å². The van der Waals surface area contributed by atoms with Crippen LogP contribution in [0.4, 0.5) is 17.2 Å². The van der Waals surface area contributed by atoms with Gasteiger partial charge in [0.15, 0.2) is 0 Å². The molecular formula is C22H19N7. The van der Waals surface area contributed by atoms with Gasteiger partial charge in [-0.05, 0) is 23.8 Å². The van der Waals surface area contributed by atoms with Gasteiger partial charge in [0.1, 0.15) is 12.1 Å². The highest BCUT2D eigenvalue weighted by atomic mass is 15.3. The van der Waals surface area contributed by atoms with E-state index >= 15 is 0 Å². The summed E-state index contributed by atoms with van der Waals surface area (Å²) < 4.78 is 0. The number of aromatic amines is 1. The number of H-pyrrole nitrogens is 1. The van der Waals surface area contributed by atoms with Crippen molar-refractivity contribution in [2.24, 2.45) is 0 Å². The Balaban J connectivity index is 1.43. The van der Waals surface area contributed by atoms with Crippen molar-refractivity contribution in [1.29, 1.82) is 0 Å². The first-order valence-electron chi connectivity index (χ1n) is 9.54. The van der Waals surface area contributed by atoms with Crippen molar-refractivity contribution in [3.63, 3.8) is 0 Å². The molecular weight excluding hydrogens is 362 g/mol. The molecule has 0 bridgehead atoms. The van der Waals surface area contributed by atoms with E-state index in [1.807, 2.05) is 42.7 Å². The zero-order valence-corrected chi connectivity index (χ0v) is 15.8. The third-order valence-electron chi connectivity index (χ3n) is 5.37. The number of benzene rings is 2. The lowest BCUT2D eigenvalue weighted by atomic mass is 10.1. The lowest BCUT2D eigenvalue weighted by Gasteiger charge is -2.37. The van der Waals surface area contributed by atoms with Gasteiger partial charge in [0.05, 0.1) is 18.3 Å². The highest BCUT2D eigenvalue weighted by Gasteiger charge is 2.21. The van der Waals surface area contributed by atoms with E-state index in [-0.39, 0.29) is 0 Å². The molecule has 5 rings (SSSR count). The van der Waals surface area contributed by atoms with Gasteiger partial charge in [-0.2, -0.15) is 5.10 Å². The molecule has 1 aliphatic rings. The Morgan fingerprint density at radius 1 is 0.931 bits per heavy atom. The fraction of sp³-hybridized carbons (Fsp3) is 0.182. The van der Waals surface area contributed by atoms with E-state index in [4.69, 9.17) is 6.57 Å². The average Bonchev–Trinajstić information content (AvgIpc) is 3.33. The first-order valence-corrected chi connectivity index (χ1v) is 9.54. The lowest BCUT2D eigenvalue weighted by Crippen LogP contribution is -2.47. The third-order valence-corrected chi connectivity index (χ3v) is 5.37. The van der Waals surface area contributed by atoms with Gasteiger partial charge in [-0.3, -0.25) is 5.10 Å². The van der Waals surface area contributed by atoms with E-state index in [1.165, 1.54) is 0 Å². The van der Waals surface area contributed by atoms with Crippen LogP contribution in [-0.2, 0) is 0 Å². The Bertz CT molecular complexity index is 1190. The van der Waals surface area contributed by atoms with Crippen LogP contribution in [0.3, 0.4) is 0 Å². The Hall–Kier alpha value is -3.92. The monoisotopic (exact) mass is 381 g/mol. The van der Waals surface area contributed by atoms with Gasteiger partial charge in [0, 0.05) is 49.0 Å². The van der Waals surface area contributed by atoms with Crippen molar-refractivity contribution in [3.05, 3.63) is 72.6 Å². The molecule has 0 unspecified atom stereocenters. The molecule has 0 saturated carbocycles. The third kappa shape index (κ3) is 3.15. The van der Waals surface area contributed by atoms with Gasteiger partial charge in [-0.25, -0.2) is 14.8 Å². The van der Waals surface area contributed by atoms with Crippen LogP contribution in [0.2, 0.25) is 0 Å². The SMILES string of the molecule is [C-]#[N+]c1ccccc1N1CCN(c2ncnc3ccc(-c4cn[nH]c4)cc23)CC1. The molecule has 4 aromatic rings. The predicted molar refractivity (Wildman–Crippen MR) is 114 cm³/mol. The molecule has 1 saturated heterocycles. The predicted octanol–water partition coefficient (Wildman–Crippen LogP) is 3.90. The Morgan fingerprint density at radius 2 is 1.76 bits per heavy atom. The minimum atomic E-state index is 0.707.